The minimum atomic E-state index is -3.75. The number of nitrogens with two attached hydrogens (primary N) is 1. The number of carbonyl (C=O) groups is 1. The Kier molecular flexibility index (Phi) is 3.72. The molecule has 8 heteroatoms. The molecule has 1 atom stereocenters. The summed E-state index contributed by atoms with van der Waals surface area (Å²) in [5.74, 6) is -0.753. The van der Waals surface area contributed by atoms with Crippen LogP contribution in [0.15, 0.2) is 23.1 Å². The highest BCUT2D eigenvalue weighted by atomic mass is 32.2. The standard InChI is InChI=1S/C11H14FN3O3S/c12-9-3-2-8(5-10(9)13)19(17,18)14-6-7-1-4-11(16)15-7/h2-3,5,7,14H,1,4,6,13H2,(H,15,16). The predicted octanol–water partition coefficient (Wildman–Crippen LogP) is -0.0352. The van der Waals surface area contributed by atoms with E-state index in [1.54, 1.807) is 0 Å². The van der Waals surface area contributed by atoms with Crippen LogP contribution in [0.1, 0.15) is 12.8 Å². The van der Waals surface area contributed by atoms with Crippen LogP contribution in [0.4, 0.5) is 10.1 Å². The average molecular weight is 287 g/mol. The van der Waals surface area contributed by atoms with E-state index in [1.165, 1.54) is 0 Å². The van der Waals surface area contributed by atoms with Gasteiger partial charge in [0.2, 0.25) is 15.9 Å². The molecule has 19 heavy (non-hydrogen) atoms. The van der Waals surface area contributed by atoms with E-state index >= 15 is 0 Å². The van der Waals surface area contributed by atoms with Crippen LogP contribution in [0.2, 0.25) is 0 Å². The summed E-state index contributed by atoms with van der Waals surface area (Å²) < 4.78 is 39.2. The number of carbonyl (C=O) groups excluding carboxylic acids is 1. The maximum atomic E-state index is 13.0. The lowest BCUT2D eigenvalue weighted by molar-refractivity contribution is -0.119. The Hall–Kier alpha value is -1.67. The van der Waals surface area contributed by atoms with E-state index in [2.05, 4.69) is 10.0 Å². The number of hydrogen-bond donors (Lipinski definition) is 3. The zero-order chi connectivity index (χ0) is 14.0. The number of nitrogens with one attached hydrogen (secondary N) is 2. The number of amides is 1. The van der Waals surface area contributed by atoms with Crippen molar-refractivity contribution in [2.75, 3.05) is 12.3 Å². The number of halogens is 1. The monoisotopic (exact) mass is 287 g/mol. The first-order chi connectivity index (χ1) is 8.88. The van der Waals surface area contributed by atoms with Crippen LogP contribution < -0.4 is 15.8 Å². The van der Waals surface area contributed by atoms with E-state index < -0.39 is 15.8 Å². The normalized spacial score (nSPS) is 19.4. The number of nitrogen functional groups attached to an aromatic ring is 1. The second kappa shape index (κ2) is 5.14. The van der Waals surface area contributed by atoms with Crippen LogP contribution in [0.5, 0.6) is 0 Å². The number of hydrogen-bond acceptors (Lipinski definition) is 4. The fourth-order valence-electron chi connectivity index (χ4n) is 1.81. The summed E-state index contributed by atoms with van der Waals surface area (Å²) in [6.45, 7) is 0.103. The molecular formula is C11H14FN3O3S. The van der Waals surface area contributed by atoms with Gasteiger partial charge in [0.25, 0.3) is 0 Å². The lowest BCUT2D eigenvalue weighted by atomic mass is 10.2. The summed E-state index contributed by atoms with van der Waals surface area (Å²) in [5, 5.41) is 2.65. The molecule has 0 bridgehead atoms. The van der Waals surface area contributed by atoms with Crippen molar-refractivity contribution < 1.29 is 17.6 Å². The summed E-state index contributed by atoms with van der Waals surface area (Å²) >= 11 is 0. The zero-order valence-corrected chi connectivity index (χ0v) is 10.8. The number of anilines is 1. The topological polar surface area (TPSA) is 101 Å². The van der Waals surface area contributed by atoms with E-state index in [1.807, 2.05) is 0 Å². The van der Waals surface area contributed by atoms with Crippen LogP contribution in [-0.4, -0.2) is 26.9 Å². The van der Waals surface area contributed by atoms with Gasteiger partial charge >= 0.3 is 0 Å². The van der Waals surface area contributed by atoms with Crippen molar-refractivity contribution in [1.29, 1.82) is 0 Å². The number of sulfonamides is 1. The molecule has 4 N–H and O–H groups in total. The van der Waals surface area contributed by atoms with Gasteiger partial charge in [-0.05, 0) is 24.6 Å². The summed E-state index contributed by atoms with van der Waals surface area (Å²) in [4.78, 5) is 10.9. The summed E-state index contributed by atoms with van der Waals surface area (Å²) in [6, 6.07) is 2.99. The molecule has 0 aliphatic carbocycles. The van der Waals surface area contributed by atoms with Crippen LogP contribution >= 0.6 is 0 Å². The summed E-state index contributed by atoms with van der Waals surface area (Å²) in [6.07, 6.45) is 0.989. The lowest BCUT2D eigenvalue weighted by Crippen LogP contribution is -2.38. The first-order valence-electron chi connectivity index (χ1n) is 5.72. The molecule has 6 nitrogen and oxygen atoms in total. The highest BCUT2D eigenvalue weighted by Crippen LogP contribution is 2.16. The Bertz CT molecular complexity index is 603. The van der Waals surface area contributed by atoms with Crippen LogP contribution in [0, 0.1) is 5.82 Å². The first kappa shape index (κ1) is 13.8. The van der Waals surface area contributed by atoms with Gasteiger partial charge in [-0.2, -0.15) is 0 Å². The van der Waals surface area contributed by atoms with Gasteiger partial charge in [0, 0.05) is 19.0 Å². The molecule has 0 spiro atoms. The highest BCUT2D eigenvalue weighted by molar-refractivity contribution is 7.89. The fraction of sp³-hybridized carbons (Fsp3) is 0.364. The molecule has 2 rings (SSSR count). The second-order valence-electron chi connectivity index (χ2n) is 4.34. The third-order valence-corrected chi connectivity index (χ3v) is 4.30. The maximum Gasteiger partial charge on any atom is 0.240 e. The SMILES string of the molecule is Nc1cc(S(=O)(=O)NCC2CCC(=O)N2)ccc1F. The van der Waals surface area contributed by atoms with Crippen LogP contribution in [-0.2, 0) is 14.8 Å². The predicted molar refractivity (Wildman–Crippen MR) is 67.2 cm³/mol. The molecule has 0 radical (unpaired) electrons. The third-order valence-electron chi connectivity index (χ3n) is 2.88. The van der Waals surface area contributed by atoms with Crippen molar-refractivity contribution in [2.45, 2.75) is 23.8 Å². The van der Waals surface area contributed by atoms with Crippen molar-refractivity contribution in [1.82, 2.24) is 10.0 Å². The van der Waals surface area contributed by atoms with Gasteiger partial charge in [0.1, 0.15) is 5.82 Å². The van der Waals surface area contributed by atoms with Gasteiger partial charge in [0.05, 0.1) is 10.6 Å². The largest absolute Gasteiger partial charge is 0.396 e. The molecule has 1 aromatic carbocycles. The zero-order valence-electron chi connectivity index (χ0n) is 10.0. The molecule has 0 aromatic heterocycles. The van der Waals surface area contributed by atoms with Crippen molar-refractivity contribution in [3.63, 3.8) is 0 Å². The van der Waals surface area contributed by atoms with Gasteiger partial charge in [0.15, 0.2) is 0 Å². The molecule has 1 aliphatic heterocycles. The minimum absolute atomic E-state index is 0.0878. The van der Waals surface area contributed by atoms with Crippen molar-refractivity contribution >= 4 is 21.6 Å². The lowest BCUT2D eigenvalue weighted by Gasteiger charge is -2.12. The molecule has 1 heterocycles. The van der Waals surface area contributed by atoms with E-state index in [-0.39, 0.29) is 29.1 Å². The second-order valence-corrected chi connectivity index (χ2v) is 6.11. The van der Waals surface area contributed by atoms with Gasteiger partial charge < -0.3 is 11.1 Å². The van der Waals surface area contributed by atoms with Crippen LogP contribution in [0.3, 0.4) is 0 Å². The minimum Gasteiger partial charge on any atom is -0.396 e. The molecular weight excluding hydrogens is 273 g/mol. The van der Waals surface area contributed by atoms with Crippen molar-refractivity contribution in [3.8, 4) is 0 Å². The maximum absolute atomic E-state index is 13.0. The van der Waals surface area contributed by atoms with E-state index in [4.69, 9.17) is 5.73 Å². The fourth-order valence-corrected chi connectivity index (χ4v) is 2.93. The Morgan fingerprint density at radius 1 is 1.47 bits per heavy atom. The highest BCUT2D eigenvalue weighted by Gasteiger charge is 2.23. The van der Waals surface area contributed by atoms with Gasteiger partial charge in [-0.15, -0.1) is 0 Å². The molecule has 1 unspecified atom stereocenters. The Morgan fingerprint density at radius 3 is 2.79 bits per heavy atom. The van der Waals surface area contributed by atoms with E-state index in [0.29, 0.717) is 12.8 Å². The summed E-state index contributed by atoms with van der Waals surface area (Å²) in [7, 11) is -3.75. The Morgan fingerprint density at radius 2 is 2.21 bits per heavy atom. The molecule has 104 valence electrons. The first-order valence-corrected chi connectivity index (χ1v) is 7.21. The number of benzene rings is 1. The molecule has 1 fully saturated rings. The number of rotatable bonds is 4. The molecule has 1 aliphatic rings. The van der Waals surface area contributed by atoms with Crippen molar-refractivity contribution in [2.24, 2.45) is 0 Å². The Labute approximate surface area is 110 Å². The van der Waals surface area contributed by atoms with Crippen molar-refractivity contribution in [3.05, 3.63) is 24.0 Å². The van der Waals surface area contributed by atoms with Gasteiger partial charge in [-0.1, -0.05) is 0 Å². The molecule has 1 amide bonds. The molecule has 0 saturated carbocycles. The Balaban J connectivity index is 2.05. The summed E-state index contributed by atoms with van der Waals surface area (Å²) in [5.41, 5.74) is 5.10. The van der Waals surface area contributed by atoms with Crippen LogP contribution in [0.25, 0.3) is 0 Å². The molecule has 1 aromatic rings. The smallest absolute Gasteiger partial charge is 0.240 e. The van der Waals surface area contributed by atoms with Gasteiger partial charge in [-0.3, -0.25) is 4.79 Å². The van der Waals surface area contributed by atoms with E-state index in [9.17, 15) is 17.6 Å². The molecule has 1 saturated heterocycles. The third kappa shape index (κ3) is 3.21. The van der Waals surface area contributed by atoms with Gasteiger partial charge in [-0.25, -0.2) is 17.5 Å². The average Bonchev–Trinajstić information content (AvgIpc) is 2.76. The quantitative estimate of drug-likeness (QED) is 0.677. The van der Waals surface area contributed by atoms with E-state index in [0.717, 1.165) is 18.2 Å².